The van der Waals surface area contributed by atoms with Gasteiger partial charge in [0.1, 0.15) is 5.69 Å². The molecule has 1 aromatic rings. The molecule has 1 aliphatic carbocycles. The molecule has 1 aliphatic rings. The van der Waals surface area contributed by atoms with Gasteiger partial charge in [-0.25, -0.2) is 0 Å². The standard InChI is InChI=1S/C15H21ClN2O/c1-11-3-2-4-12(9-11)5-7-18-15(19)14-10-13(16)6-8-17-14/h6,8,10-12H,2-5,7,9H2,1H3,(H,18,19). The predicted octanol–water partition coefficient (Wildman–Crippen LogP) is 3.68. The van der Waals surface area contributed by atoms with Crippen molar-refractivity contribution in [3.05, 3.63) is 29.0 Å². The zero-order valence-electron chi connectivity index (χ0n) is 11.4. The molecule has 2 rings (SSSR count). The molecule has 1 fully saturated rings. The van der Waals surface area contributed by atoms with Gasteiger partial charge in [-0.15, -0.1) is 0 Å². The van der Waals surface area contributed by atoms with Crippen LogP contribution in [0.1, 0.15) is 49.5 Å². The van der Waals surface area contributed by atoms with Crippen LogP contribution >= 0.6 is 11.6 Å². The molecule has 0 spiro atoms. The van der Waals surface area contributed by atoms with Crippen molar-refractivity contribution >= 4 is 17.5 Å². The number of carbonyl (C=O) groups is 1. The van der Waals surface area contributed by atoms with Crippen molar-refractivity contribution in [1.82, 2.24) is 10.3 Å². The molecule has 0 aliphatic heterocycles. The maximum atomic E-state index is 11.9. The summed E-state index contributed by atoms with van der Waals surface area (Å²) in [6.45, 7) is 3.05. The van der Waals surface area contributed by atoms with Gasteiger partial charge in [-0.2, -0.15) is 0 Å². The number of hydrogen-bond donors (Lipinski definition) is 1. The summed E-state index contributed by atoms with van der Waals surface area (Å²) in [6.07, 6.45) is 7.91. The number of amides is 1. The summed E-state index contributed by atoms with van der Waals surface area (Å²) < 4.78 is 0. The third-order valence-corrected chi connectivity index (χ3v) is 4.07. The molecule has 2 atom stereocenters. The largest absolute Gasteiger partial charge is 0.351 e. The van der Waals surface area contributed by atoms with Gasteiger partial charge in [-0.3, -0.25) is 9.78 Å². The summed E-state index contributed by atoms with van der Waals surface area (Å²) in [5.41, 5.74) is 0.393. The smallest absolute Gasteiger partial charge is 0.269 e. The molecular formula is C15H21ClN2O. The van der Waals surface area contributed by atoms with Crippen LogP contribution in [-0.2, 0) is 0 Å². The fraction of sp³-hybridized carbons (Fsp3) is 0.600. The van der Waals surface area contributed by atoms with E-state index in [1.165, 1.54) is 25.7 Å². The highest BCUT2D eigenvalue weighted by Crippen LogP contribution is 2.30. The number of nitrogens with one attached hydrogen (secondary N) is 1. The molecule has 0 aromatic carbocycles. The Hall–Kier alpha value is -1.09. The Morgan fingerprint density at radius 2 is 2.37 bits per heavy atom. The molecule has 1 N–H and O–H groups in total. The van der Waals surface area contributed by atoms with Crippen LogP contribution in [0.25, 0.3) is 0 Å². The minimum Gasteiger partial charge on any atom is -0.351 e. The average molecular weight is 281 g/mol. The average Bonchev–Trinajstić information content (AvgIpc) is 2.38. The Kier molecular flexibility index (Phi) is 5.20. The molecule has 1 amide bonds. The second kappa shape index (κ2) is 6.90. The van der Waals surface area contributed by atoms with Gasteiger partial charge in [-0.1, -0.05) is 37.8 Å². The highest BCUT2D eigenvalue weighted by atomic mass is 35.5. The fourth-order valence-electron chi connectivity index (χ4n) is 2.83. The van der Waals surface area contributed by atoms with E-state index in [2.05, 4.69) is 17.2 Å². The number of aromatic nitrogens is 1. The van der Waals surface area contributed by atoms with E-state index in [4.69, 9.17) is 11.6 Å². The van der Waals surface area contributed by atoms with Crippen LogP contribution in [0.2, 0.25) is 5.02 Å². The lowest BCUT2D eigenvalue weighted by atomic mass is 9.81. The highest BCUT2D eigenvalue weighted by molar-refractivity contribution is 6.30. The Labute approximate surface area is 119 Å². The molecular weight excluding hydrogens is 260 g/mol. The van der Waals surface area contributed by atoms with Gasteiger partial charge in [-0.05, 0) is 36.8 Å². The molecule has 1 heterocycles. The van der Waals surface area contributed by atoms with Gasteiger partial charge in [0, 0.05) is 17.8 Å². The highest BCUT2D eigenvalue weighted by Gasteiger charge is 2.18. The molecule has 2 unspecified atom stereocenters. The maximum absolute atomic E-state index is 11.9. The van der Waals surface area contributed by atoms with Gasteiger partial charge in [0.2, 0.25) is 0 Å². The van der Waals surface area contributed by atoms with E-state index >= 15 is 0 Å². The number of carbonyl (C=O) groups excluding carboxylic acids is 1. The Bertz CT molecular complexity index is 436. The third-order valence-electron chi connectivity index (χ3n) is 3.84. The normalized spacial score (nSPS) is 23.1. The van der Waals surface area contributed by atoms with E-state index in [-0.39, 0.29) is 5.91 Å². The van der Waals surface area contributed by atoms with Gasteiger partial charge < -0.3 is 5.32 Å². The van der Waals surface area contributed by atoms with Gasteiger partial charge in [0.05, 0.1) is 0 Å². The van der Waals surface area contributed by atoms with Crippen LogP contribution < -0.4 is 5.32 Å². The van der Waals surface area contributed by atoms with Crippen molar-refractivity contribution in [2.24, 2.45) is 11.8 Å². The molecule has 4 heteroatoms. The molecule has 0 saturated heterocycles. The molecule has 1 aromatic heterocycles. The Balaban J connectivity index is 1.75. The van der Waals surface area contributed by atoms with E-state index < -0.39 is 0 Å². The summed E-state index contributed by atoms with van der Waals surface area (Å²) in [5.74, 6) is 1.46. The summed E-state index contributed by atoms with van der Waals surface area (Å²) in [6, 6.07) is 3.27. The molecule has 0 bridgehead atoms. The quantitative estimate of drug-likeness (QED) is 0.914. The lowest BCUT2D eigenvalue weighted by molar-refractivity contribution is 0.0944. The van der Waals surface area contributed by atoms with Crippen LogP contribution in [0.5, 0.6) is 0 Å². The van der Waals surface area contributed by atoms with Crippen LogP contribution in [0.15, 0.2) is 18.3 Å². The van der Waals surface area contributed by atoms with Crippen molar-refractivity contribution in [1.29, 1.82) is 0 Å². The second-order valence-electron chi connectivity index (χ2n) is 5.54. The Morgan fingerprint density at radius 1 is 1.53 bits per heavy atom. The van der Waals surface area contributed by atoms with Crippen molar-refractivity contribution in [2.75, 3.05) is 6.54 Å². The first-order chi connectivity index (χ1) is 9.15. The van der Waals surface area contributed by atoms with E-state index in [1.54, 1.807) is 18.3 Å². The van der Waals surface area contributed by atoms with Crippen molar-refractivity contribution in [2.45, 2.75) is 39.0 Å². The minimum absolute atomic E-state index is 0.133. The topological polar surface area (TPSA) is 42.0 Å². The number of rotatable bonds is 4. The third kappa shape index (κ3) is 4.50. The summed E-state index contributed by atoms with van der Waals surface area (Å²) >= 11 is 5.84. The van der Waals surface area contributed by atoms with Crippen LogP contribution in [0.4, 0.5) is 0 Å². The predicted molar refractivity (Wildman–Crippen MR) is 77.3 cm³/mol. The van der Waals surface area contributed by atoms with Crippen molar-refractivity contribution in [3.63, 3.8) is 0 Å². The summed E-state index contributed by atoms with van der Waals surface area (Å²) in [5, 5.41) is 3.47. The van der Waals surface area contributed by atoms with E-state index in [1.807, 2.05) is 0 Å². The molecule has 1 saturated carbocycles. The maximum Gasteiger partial charge on any atom is 0.269 e. The fourth-order valence-corrected chi connectivity index (χ4v) is 2.99. The van der Waals surface area contributed by atoms with E-state index in [0.717, 1.165) is 24.8 Å². The number of nitrogens with zero attached hydrogens (tertiary/aromatic N) is 1. The first-order valence-electron chi connectivity index (χ1n) is 7.05. The zero-order chi connectivity index (χ0) is 13.7. The molecule has 0 radical (unpaired) electrons. The van der Waals surface area contributed by atoms with Crippen LogP contribution in [-0.4, -0.2) is 17.4 Å². The lowest BCUT2D eigenvalue weighted by Crippen LogP contribution is -2.27. The van der Waals surface area contributed by atoms with Gasteiger partial charge >= 0.3 is 0 Å². The van der Waals surface area contributed by atoms with Crippen LogP contribution in [0, 0.1) is 11.8 Å². The lowest BCUT2D eigenvalue weighted by Gasteiger charge is -2.26. The zero-order valence-corrected chi connectivity index (χ0v) is 12.1. The number of pyridine rings is 1. The molecule has 3 nitrogen and oxygen atoms in total. The van der Waals surface area contributed by atoms with E-state index in [0.29, 0.717) is 10.7 Å². The first kappa shape index (κ1) is 14.3. The van der Waals surface area contributed by atoms with Crippen molar-refractivity contribution in [3.8, 4) is 0 Å². The number of hydrogen-bond acceptors (Lipinski definition) is 2. The summed E-state index contributed by atoms with van der Waals surface area (Å²) in [4.78, 5) is 15.9. The number of halogens is 1. The first-order valence-corrected chi connectivity index (χ1v) is 7.42. The monoisotopic (exact) mass is 280 g/mol. The SMILES string of the molecule is CC1CCCC(CCNC(=O)c2cc(Cl)ccn2)C1. The molecule has 19 heavy (non-hydrogen) atoms. The van der Waals surface area contributed by atoms with Gasteiger partial charge in [0.25, 0.3) is 5.91 Å². The van der Waals surface area contributed by atoms with E-state index in [9.17, 15) is 4.79 Å². The minimum atomic E-state index is -0.133. The second-order valence-corrected chi connectivity index (χ2v) is 5.98. The Morgan fingerprint density at radius 3 is 3.11 bits per heavy atom. The molecule has 104 valence electrons. The summed E-state index contributed by atoms with van der Waals surface area (Å²) in [7, 11) is 0. The van der Waals surface area contributed by atoms with Crippen molar-refractivity contribution < 1.29 is 4.79 Å². The van der Waals surface area contributed by atoms with Gasteiger partial charge in [0.15, 0.2) is 0 Å². The van der Waals surface area contributed by atoms with Crippen LogP contribution in [0.3, 0.4) is 0 Å².